The number of methoxy groups -OCH3 is 2. The molecule has 1 saturated carbocycles. The fourth-order valence-corrected chi connectivity index (χ4v) is 5.94. The van der Waals surface area contributed by atoms with Crippen molar-refractivity contribution in [2.45, 2.75) is 62.6 Å². The van der Waals surface area contributed by atoms with Gasteiger partial charge >= 0.3 is 0 Å². The summed E-state index contributed by atoms with van der Waals surface area (Å²) >= 11 is 0. The lowest BCUT2D eigenvalue weighted by Crippen LogP contribution is -2.38. The standard InChI is InChI=1S/C24H30N2O5S/c1-24(2)14-13-20-21(31-24)11-9-17(25-20)16-26(18-7-5-6-8-18)32(27,28)19-10-12-22(29-3)23(15-19)30-4/h9-15,18H,5-8,16H2,1-4H3. The van der Waals surface area contributed by atoms with Crippen LogP contribution in [0.2, 0.25) is 0 Å². The first-order valence-electron chi connectivity index (χ1n) is 10.9. The van der Waals surface area contributed by atoms with E-state index in [0.29, 0.717) is 22.9 Å². The van der Waals surface area contributed by atoms with Crippen molar-refractivity contribution < 1.29 is 22.6 Å². The molecule has 0 N–H and O–H groups in total. The summed E-state index contributed by atoms with van der Waals surface area (Å²) in [7, 11) is -0.749. The average molecular weight is 459 g/mol. The van der Waals surface area contributed by atoms with Crippen LogP contribution in [0.3, 0.4) is 0 Å². The van der Waals surface area contributed by atoms with Crippen LogP contribution in [0.5, 0.6) is 17.2 Å². The van der Waals surface area contributed by atoms with Gasteiger partial charge in [0.15, 0.2) is 11.5 Å². The van der Waals surface area contributed by atoms with E-state index < -0.39 is 10.0 Å². The van der Waals surface area contributed by atoms with Gasteiger partial charge in [-0.25, -0.2) is 13.4 Å². The van der Waals surface area contributed by atoms with Gasteiger partial charge in [0.25, 0.3) is 0 Å². The third-order valence-electron chi connectivity index (χ3n) is 5.97. The van der Waals surface area contributed by atoms with Crippen LogP contribution in [0.4, 0.5) is 0 Å². The minimum atomic E-state index is -3.77. The van der Waals surface area contributed by atoms with Gasteiger partial charge in [0.1, 0.15) is 17.0 Å². The number of nitrogens with zero attached hydrogens (tertiary/aromatic N) is 2. The molecule has 0 spiro atoms. The van der Waals surface area contributed by atoms with Crippen LogP contribution >= 0.6 is 0 Å². The van der Waals surface area contributed by atoms with Gasteiger partial charge < -0.3 is 14.2 Å². The van der Waals surface area contributed by atoms with E-state index in [-0.39, 0.29) is 23.1 Å². The molecule has 0 atom stereocenters. The Morgan fingerprint density at radius 2 is 1.81 bits per heavy atom. The van der Waals surface area contributed by atoms with Crippen LogP contribution in [0.15, 0.2) is 41.3 Å². The third kappa shape index (κ3) is 4.47. The molecule has 1 aliphatic carbocycles. The van der Waals surface area contributed by atoms with Gasteiger partial charge in [-0.05, 0) is 63.1 Å². The predicted molar refractivity (Wildman–Crippen MR) is 123 cm³/mol. The molecule has 1 fully saturated rings. The molecule has 4 rings (SSSR count). The van der Waals surface area contributed by atoms with Crippen molar-refractivity contribution in [2.75, 3.05) is 14.2 Å². The molecule has 0 saturated heterocycles. The molecule has 2 heterocycles. The zero-order valence-corrected chi connectivity index (χ0v) is 19.8. The molecule has 172 valence electrons. The molecule has 2 aromatic rings. The number of pyridine rings is 1. The fraction of sp³-hybridized carbons (Fsp3) is 0.458. The van der Waals surface area contributed by atoms with Gasteiger partial charge in [-0.3, -0.25) is 0 Å². The van der Waals surface area contributed by atoms with Crippen molar-refractivity contribution in [3.63, 3.8) is 0 Å². The van der Waals surface area contributed by atoms with E-state index in [0.717, 1.165) is 31.4 Å². The first kappa shape index (κ1) is 22.6. The summed E-state index contributed by atoms with van der Waals surface area (Å²) < 4.78 is 45.6. The molecule has 0 radical (unpaired) electrons. The molecule has 2 aliphatic rings. The van der Waals surface area contributed by atoms with Gasteiger partial charge in [-0.1, -0.05) is 12.8 Å². The van der Waals surface area contributed by atoms with Crippen molar-refractivity contribution in [3.8, 4) is 17.2 Å². The Hall–Kier alpha value is -2.58. The van der Waals surface area contributed by atoms with E-state index in [1.165, 1.54) is 20.3 Å². The molecular formula is C24H30N2O5S. The van der Waals surface area contributed by atoms with Crippen LogP contribution in [0.1, 0.15) is 50.9 Å². The topological polar surface area (TPSA) is 78.0 Å². The number of hydrogen-bond donors (Lipinski definition) is 0. The minimum Gasteiger partial charge on any atom is -0.493 e. The number of ether oxygens (including phenoxy) is 3. The first-order valence-corrected chi connectivity index (χ1v) is 12.3. The summed E-state index contributed by atoms with van der Waals surface area (Å²) in [4.78, 5) is 4.88. The SMILES string of the molecule is COc1ccc(S(=O)(=O)N(Cc2ccc3c(n2)C=CC(C)(C)O3)C2CCCC2)cc1OC. The zero-order valence-electron chi connectivity index (χ0n) is 19.0. The van der Waals surface area contributed by atoms with E-state index in [4.69, 9.17) is 19.2 Å². The first-order chi connectivity index (χ1) is 15.2. The van der Waals surface area contributed by atoms with Crippen LogP contribution in [0, 0.1) is 0 Å². The molecule has 1 aliphatic heterocycles. The second-order valence-corrected chi connectivity index (χ2v) is 10.6. The van der Waals surface area contributed by atoms with Gasteiger partial charge in [-0.15, -0.1) is 0 Å². The Bertz CT molecular complexity index is 1120. The van der Waals surface area contributed by atoms with Crippen molar-refractivity contribution >= 4 is 16.1 Å². The number of fused-ring (bicyclic) bond motifs is 1. The predicted octanol–water partition coefficient (Wildman–Crippen LogP) is 4.42. The Balaban J connectivity index is 1.68. The van der Waals surface area contributed by atoms with Gasteiger partial charge in [0.05, 0.1) is 31.4 Å². The number of rotatable bonds is 7. The number of aromatic nitrogens is 1. The second-order valence-electron chi connectivity index (χ2n) is 8.73. The third-order valence-corrected chi connectivity index (χ3v) is 7.86. The lowest BCUT2D eigenvalue weighted by Gasteiger charge is -2.29. The van der Waals surface area contributed by atoms with E-state index in [1.54, 1.807) is 16.4 Å². The normalized spacial score (nSPS) is 17.8. The summed E-state index contributed by atoms with van der Waals surface area (Å²) in [6, 6.07) is 8.38. The maximum atomic E-state index is 13.7. The number of benzene rings is 1. The summed E-state index contributed by atoms with van der Waals surface area (Å²) in [5, 5.41) is 0. The Labute approximate surface area is 190 Å². The van der Waals surface area contributed by atoms with Crippen LogP contribution in [-0.4, -0.2) is 43.6 Å². The summed E-state index contributed by atoms with van der Waals surface area (Å²) in [5.74, 6) is 1.58. The van der Waals surface area contributed by atoms with Crippen molar-refractivity contribution in [3.05, 3.63) is 47.8 Å². The fourth-order valence-electron chi connectivity index (χ4n) is 4.27. The summed E-state index contributed by atoms with van der Waals surface area (Å²) in [5.41, 5.74) is 1.02. The molecule has 8 heteroatoms. The van der Waals surface area contributed by atoms with Gasteiger partial charge in [0, 0.05) is 12.1 Å². The highest BCUT2D eigenvalue weighted by Gasteiger charge is 2.34. The summed E-state index contributed by atoms with van der Waals surface area (Å²) in [6.45, 7) is 4.17. The van der Waals surface area contributed by atoms with E-state index in [9.17, 15) is 8.42 Å². The zero-order chi connectivity index (χ0) is 22.9. The molecule has 0 bridgehead atoms. The lowest BCUT2D eigenvalue weighted by atomic mass is 10.1. The Kier molecular flexibility index (Phi) is 6.18. The molecule has 7 nitrogen and oxygen atoms in total. The highest BCUT2D eigenvalue weighted by atomic mass is 32.2. The Morgan fingerprint density at radius 1 is 1.09 bits per heavy atom. The Morgan fingerprint density at radius 3 is 2.50 bits per heavy atom. The van der Waals surface area contributed by atoms with Crippen LogP contribution < -0.4 is 14.2 Å². The molecule has 1 aromatic carbocycles. The molecule has 0 unspecified atom stereocenters. The second kappa shape index (κ2) is 8.75. The van der Waals surface area contributed by atoms with E-state index >= 15 is 0 Å². The van der Waals surface area contributed by atoms with E-state index in [1.807, 2.05) is 38.1 Å². The van der Waals surface area contributed by atoms with Gasteiger partial charge in [0.2, 0.25) is 10.0 Å². The maximum absolute atomic E-state index is 13.7. The minimum absolute atomic E-state index is 0.0587. The van der Waals surface area contributed by atoms with Crippen molar-refractivity contribution in [1.29, 1.82) is 0 Å². The quantitative estimate of drug-likeness (QED) is 0.611. The monoisotopic (exact) mass is 458 g/mol. The molecule has 1 aromatic heterocycles. The highest BCUT2D eigenvalue weighted by Crippen LogP contribution is 2.35. The van der Waals surface area contributed by atoms with Crippen LogP contribution in [-0.2, 0) is 16.6 Å². The average Bonchev–Trinajstić information content (AvgIpc) is 3.30. The smallest absolute Gasteiger partial charge is 0.243 e. The largest absolute Gasteiger partial charge is 0.493 e. The molecular weight excluding hydrogens is 428 g/mol. The van der Waals surface area contributed by atoms with E-state index in [2.05, 4.69) is 0 Å². The molecule has 32 heavy (non-hydrogen) atoms. The molecule has 0 amide bonds. The number of hydrogen-bond acceptors (Lipinski definition) is 6. The highest BCUT2D eigenvalue weighted by molar-refractivity contribution is 7.89. The maximum Gasteiger partial charge on any atom is 0.243 e. The van der Waals surface area contributed by atoms with Crippen molar-refractivity contribution in [2.24, 2.45) is 0 Å². The van der Waals surface area contributed by atoms with Gasteiger partial charge in [-0.2, -0.15) is 4.31 Å². The van der Waals surface area contributed by atoms with Crippen LogP contribution in [0.25, 0.3) is 6.08 Å². The summed E-state index contributed by atoms with van der Waals surface area (Å²) in [6.07, 6.45) is 7.62. The lowest BCUT2D eigenvalue weighted by molar-refractivity contribution is 0.158. The van der Waals surface area contributed by atoms with Crippen molar-refractivity contribution in [1.82, 2.24) is 9.29 Å². The number of sulfonamides is 1.